The first kappa shape index (κ1) is 14.0. The third kappa shape index (κ3) is 3.81. The van der Waals surface area contributed by atoms with Crippen LogP contribution in [0.15, 0.2) is 16.8 Å². The van der Waals surface area contributed by atoms with Crippen molar-refractivity contribution in [1.82, 2.24) is 0 Å². The molecule has 2 rings (SSSR count). The first-order valence-corrected chi connectivity index (χ1v) is 8.14. The van der Waals surface area contributed by atoms with E-state index in [0.717, 1.165) is 18.9 Å². The van der Waals surface area contributed by atoms with Gasteiger partial charge in [0.05, 0.1) is 12.7 Å². The lowest BCUT2D eigenvalue weighted by Crippen LogP contribution is -2.30. The fraction of sp³-hybridized carbons (Fsp3) is 0.733. The quantitative estimate of drug-likeness (QED) is 0.841. The molecule has 18 heavy (non-hydrogen) atoms. The molecular formula is C15H25NOS. The standard InChI is InChI=1S/C15H25NOS/c1-2-14(16)15(13-8-9-18-11-13)17-10-12-6-4-3-5-7-12/h8-9,11-12,14-15H,2-7,10,16H2,1H3. The van der Waals surface area contributed by atoms with Gasteiger partial charge in [0.15, 0.2) is 0 Å². The number of thiophene rings is 1. The summed E-state index contributed by atoms with van der Waals surface area (Å²) < 4.78 is 6.16. The van der Waals surface area contributed by atoms with E-state index in [1.807, 2.05) is 0 Å². The summed E-state index contributed by atoms with van der Waals surface area (Å²) in [5, 5.41) is 4.27. The van der Waals surface area contributed by atoms with Crippen molar-refractivity contribution >= 4 is 11.3 Å². The van der Waals surface area contributed by atoms with Gasteiger partial charge in [-0.05, 0) is 47.6 Å². The fourth-order valence-electron chi connectivity index (χ4n) is 2.71. The number of nitrogens with two attached hydrogens (primary N) is 1. The fourth-order valence-corrected chi connectivity index (χ4v) is 3.40. The molecule has 3 heteroatoms. The zero-order valence-electron chi connectivity index (χ0n) is 11.3. The molecule has 1 saturated carbocycles. The first-order valence-electron chi connectivity index (χ1n) is 7.20. The van der Waals surface area contributed by atoms with E-state index in [2.05, 4.69) is 23.8 Å². The number of ether oxygens (including phenoxy) is 1. The molecule has 1 aromatic heterocycles. The van der Waals surface area contributed by atoms with Crippen LogP contribution >= 0.6 is 11.3 Å². The molecule has 0 aliphatic heterocycles. The summed E-state index contributed by atoms with van der Waals surface area (Å²) in [6.45, 7) is 3.02. The molecule has 0 spiro atoms. The Morgan fingerprint density at radius 2 is 2.17 bits per heavy atom. The van der Waals surface area contributed by atoms with Crippen molar-refractivity contribution < 1.29 is 4.74 Å². The Labute approximate surface area is 115 Å². The topological polar surface area (TPSA) is 35.2 Å². The van der Waals surface area contributed by atoms with Crippen molar-refractivity contribution in [1.29, 1.82) is 0 Å². The highest BCUT2D eigenvalue weighted by Gasteiger charge is 2.22. The second kappa shape index (κ2) is 7.27. The van der Waals surface area contributed by atoms with Gasteiger partial charge in [-0.3, -0.25) is 0 Å². The van der Waals surface area contributed by atoms with E-state index in [1.54, 1.807) is 11.3 Å². The van der Waals surface area contributed by atoms with E-state index in [0.29, 0.717) is 0 Å². The van der Waals surface area contributed by atoms with E-state index in [1.165, 1.54) is 37.7 Å². The third-order valence-corrected chi connectivity index (χ3v) is 4.67. The molecule has 1 aliphatic carbocycles. The van der Waals surface area contributed by atoms with Gasteiger partial charge in [0.2, 0.25) is 0 Å². The van der Waals surface area contributed by atoms with Crippen LogP contribution in [0.1, 0.15) is 57.1 Å². The van der Waals surface area contributed by atoms with Gasteiger partial charge in [-0.2, -0.15) is 11.3 Å². The van der Waals surface area contributed by atoms with Crippen molar-refractivity contribution in [2.45, 2.75) is 57.6 Å². The van der Waals surface area contributed by atoms with Crippen LogP contribution in [-0.2, 0) is 4.74 Å². The Kier molecular flexibility index (Phi) is 5.67. The molecule has 0 saturated heterocycles. The zero-order chi connectivity index (χ0) is 12.8. The van der Waals surface area contributed by atoms with Gasteiger partial charge in [-0.25, -0.2) is 0 Å². The molecule has 0 amide bonds. The molecular weight excluding hydrogens is 242 g/mol. The van der Waals surface area contributed by atoms with E-state index in [4.69, 9.17) is 10.5 Å². The summed E-state index contributed by atoms with van der Waals surface area (Å²) in [5.41, 5.74) is 7.46. The minimum absolute atomic E-state index is 0.0863. The molecule has 0 radical (unpaired) electrons. The van der Waals surface area contributed by atoms with Gasteiger partial charge in [-0.15, -0.1) is 0 Å². The predicted molar refractivity (Wildman–Crippen MR) is 77.9 cm³/mol. The van der Waals surface area contributed by atoms with Gasteiger partial charge in [0, 0.05) is 6.04 Å². The summed E-state index contributed by atoms with van der Waals surface area (Å²) in [6.07, 6.45) is 7.86. The van der Waals surface area contributed by atoms with Gasteiger partial charge in [0.1, 0.15) is 0 Å². The van der Waals surface area contributed by atoms with E-state index < -0.39 is 0 Å². The Morgan fingerprint density at radius 1 is 1.39 bits per heavy atom. The molecule has 2 unspecified atom stereocenters. The summed E-state index contributed by atoms with van der Waals surface area (Å²) in [4.78, 5) is 0. The molecule has 1 heterocycles. The van der Waals surface area contributed by atoms with Crippen LogP contribution in [0.5, 0.6) is 0 Å². The first-order chi connectivity index (χ1) is 8.81. The van der Waals surface area contributed by atoms with Gasteiger partial charge in [-0.1, -0.05) is 26.2 Å². The number of rotatable bonds is 6. The predicted octanol–water partition coefficient (Wildman–Crippen LogP) is 4.12. The Morgan fingerprint density at radius 3 is 2.78 bits per heavy atom. The van der Waals surface area contributed by atoms with Crippen molar-refractivity contribution in [3.8, 4) is 0 Å². The second-order valence-corrected chi connectivity index (χ2v) is 6.17. The maximum Gasteiger partial charge on any atom is 0.0983 e. The van der Waals surface area contributed by atoms with Crippen LogP contribution in [0.2, 0.25) is 0 Å². The average Bonchev–Trinajstić information content (AvgIpc) is 2.94. The van der Waals surface area contributed by atoms with Crippen LogP contribution in [0.25, 0.3) is 0 Å². The highest BCUT2D eigenvalue weighted by molar-refractivity contribution is 7.07. The van der Waals surface area contributed by atoms with Crippen LogP contribution in [-0.4, -0.2) is 12.6 Å². The smallest absolute Gasteiger partial charge is 0.0983 e. The molecule has 2 N–H and O–H groups in total. The van der Waals surface area contributed by atoms with Crippen molar-refractivity contribution in [2.75, 3.05) is 6.61 Å². The van der Waals surface area contributed by atoms with Gasteiger partial charge < -0.3 is 10.5 Å². The van der Waals surface area contributed by atoms with Gasteiger partial charge >= 0.3 is 0 Å². The third-order valence-electron chi connectivity index (χ3n) is 3.97. The highest BCUT2D eigenvalue weighted by atomic mass is 32.1. The minimum atomic E-state index is 0.0863. The summed E-state index contributed by atoms with van der Waals surface area (Å²) in [7, 11) is 0. The molecule has 1 fully saturated rings. The largest absolute Gasteiger partial charge is 0.372 e. The monoisotopic (exact) mass is 267 g/mol. The molecule has 1 aliphatic rings. The highest BCUT2D eigenvalue weighted by Crippen LogP contribution is 2.28. The Hall–Kier alpha value is -0.380. The number of hydrogen-bond acceptors (Lipinski definition) is 3. The second-order valence-electron chi connectivity index (χ2n) is 5.39. The lowest BCUT2D eigenvalue weighted by Gasteiger charge is -2.27. The average molecular weight is 267 g/mol. The van der Waals surface area contributed by atoms with Crippen LogP contribution in [0.4, 0.5) is 0 Å². The Bertz CT molecular complexity index is 319. The van der Waals surface area contributed by atoms with E-state index in [9.17, 15) is 0 Å². The van der Waals surface area contributed by atoms with Crippen LogP contribution < -0.4 is 5.73 Å². The Balaban J connectivity index is 1.89. The summed E-state index contributed by atoms with van der Waals surface area (Å²) >= 11 is 1.72. The lowest BCUT2D eigenvalue weighted by molar-refractivity contribution is 0.00463. The minimum Gasteiger partial charge on any atom is -0.372 e. The SMILES string of the molecule is CCC(N)C(OCC1CCCCC1)c1ccsc1. The molecule has 2 atom stereocenters. The van der Waals surface area contributed by atoms with E-state index in [-0.39, 0.29) is 12.1 Å². The summed E-state index contributed by atoms with van der Waals surface area (Å²) in [5.74, 6) is 0.754. The van der Waals surface area contributed by atoms with Gasteiger partial charge in [0.25, 0.3) is 0 Å². The molecule has 0 bridgehead atoms. The van der Waals surface area contributed by atoms with E-state index >= 15 is 0 Å². The van der Waals surface area contributed by atoms with Crippen molar-refractivity contribution in [2.24, 2.45) is 11.7 Å². The van der Waals surface area contributed by atoms with Crippen LogP contribution in [0.3, 0.4) is 0 Å². The lowest BCUT2D eigenvalue weighted by atomic mass is 9.90. The van der Waals surface area contributed by atoms with Crippen LogP contribution in [0, 0.1) is 5.92 Å². The molecule has 102 valence electrons. The molecule has 2 nitrogen and oxygen atoms in total. The van der Waals surface area contributed by atoms with Crippen molar-refractivity contribution in [3.05, 3.63) is 22.4 Å². The maximum absolute atomic E-state index is 6.20. The zero-order valence-corrected chi connectivity index (χ0v) is 12.1. The number of hydrogen-bond donors (Lipinski definition) is 1. The summed E-state index contributed by atoms with van der Waals surface area (Å²) in [6, 6.07) is 2.26. The molecule has 1 aromatic rings. The molecule has 0 aromatic carbocycles. The van der Waals surface area contributed by atoms with Crippen molar-refractivity contribution in [3.63, 3.8) is 0 Å². The maximum atomic E-state index is 6.20. The normalized spacial score (nSPS) is 20.8.